The average Bonchev–Trinajstić information content (AvgIpc) is 2.39. The van der Waals surface area contributed by atoms with Crippen molar-refractivity contribution in [2.75, 3.05) is 25.6 Å². The third kappa shape index (κ3) is 3.01. The van der Waals surface area contributed by atoms with Crippen LogP contribution in [0, 0.1) is 5.82 Å². The van der Waals surface area contributed by atoms with Crippen molar-refractivity contribution in [3.05, 3.63) is 23.6 Å². The highest BCUT2D eigenvalue weighted by atomic mass is 19.1. The van der Waals surface area contributed by atoms with E-state index in [-0.39, 0.29) is 11.4 Å². The van der Waals surface area contributed by atoms with Crippen LogP contribution in [0.2, 0.25) is 0 Å². The van der Waals surface area contributed by atoms with E-state index in [0.717, 1.165) is 12.8 Å². The molecule has 104 valence electrons. The fourth-order valence-electron chi connectivity index (χ4n) is 2.17. The van der Waals surface area contributed by atoms with Gasteiger partial charge in [-0.15, -0.1) is 0 Å². The molecular weight excluding hydrogens is 249 g/mol. The quantitative estimate of drug-likeness (QED) is 0.872. The number of nitrogens with one attached hydrogen (secondary N) is 2. The predicted octanol–water partition coefficient (Wildman–Crippen LogP) is 1.56. The Morgan fingerprint density at radius 3 is 3.00 bits per heavy atom. The van der Waals surface area contributed by atoms with Crippen LogP contribution < -0.4 is 10.6 Å². The highest BCUT2D eigenvalue weighted by molar-refractivity contribution is 5.95. The summed E-state index contributed by atoms with van der Waals surface area (Å²) in [5.41, 5.74) is -0.448. The first-order valence-corrected chi connectivity index (χ1v) is 6.28. The molecule has 1 aliphatic heterocycles. The summed E-state index contributed by atoms with van der Waals surface area (Å²) in [6.45, 7) is 3.06. The third-order valence-corrected chi connectivity index (χ3v) is 3.22. The third-order valence-electron chi connectivity index (χ3n) is 3.22. The highest BCUT2D eigenvalue weighted by Gasteiger charge is 2.30. The number of halogens is 1. The number of hydrogen-bond acceptors (Lipinski definition) is 4. The van der Waals surface area contributed by atoms with E-state index < -0.39 is 17.3 Å². The molecule has 6 heteroatoms. The van der Waals surface area contributed by atoms with Crippen molar-refractivity contribution in [3.8, 4) is 0 Å². The van der Waals surface area contributed by atoms with Gasteiger partial charge in [-0.1, -0.05) is 0 Å². The Balaban J connectivity index is 2.16. The lowest BCUT2D eigenvalue weighted by molar-refractivity contribution is 0.0271. The van der Waals surface area contributed by atoms with Gasteiger partial charge in [0.2, 0.25) is 0 Å². The van der Waals surface area contributed by atoms with Gasteiger partial charge in [-0.25, -0.2) is 9.37 Å². The molecule has 0 spiro atoms. The SMILES string of the molecule is CNc1nccc(C(=O)NC2(C)CCCOC2)c1F. The van der Waals surface area contributed by atoms with E-state index in [2.05, 4.69) is 15.6 Å². The molecule has 2 rings (SSSR count). The van der Waals surface area contributed by atoms with Crippen LogP contribution in [0.25, 0.3) is 0 Å². The van der Waals surface area contributed by atoms with Crippen molar-refractivity contribution in [2.45, 2.75) is 25.3 Å². The minimum absolute atomic E-state index is 0.00820. The molecule has 0 aliphatic carbocycles. The van der Waals surface area contributed by atoms with E-state index in [1.54, 1.807) is 7.05 Å². The minimum atomic E-state index is -0.636. The number of nitrogens with zero attached hydrogens (tertiary/aromatic N) is 1. The predicted molar refractivity (Wildman–Crippen MR) is 69.7 cm³/mol. The molecule has 1 fully saturated rings. The molecule has 0 bridgehead atoms. The van der Waals surface area contributed by atoms with Crippen molar-refractivity contribution < 1.29 is 13.9 Å². The normalized spacial score (nSPS) is 22.9. The largest absolute Gasteiger partial charge is 0.379 e. The lowest BCUT2D eigenvalue weighted by atomic mass is 9.94. The van der Waals surface area contributed by atoms with E-state index in [1.807, 2.05) is 6.92 Å². The number of hydrogen-bond donors (Lipinski definition) is 2. The van der Waals surface area contributed by atoms with Gasteiger partial charge in [-0.3, -0.25) is 4.79 Å². The van der Waals surface area contributed by atoms with Gasteiger partial charge in [0.1, 0.15) is 0 Å². The van der Waals surface area contributed by atoms with Crippen LogP contribution in [-0.2, 0) is 4.74 Å². The number of ether oxygens (including phenoxy) is 1. The van der Waals surface area contributed by atoms with Crippen LogP contribution in [0.4, 0.5) is 10.2 Å². The zero-order valence-corrected chi connectivity index (χ0v) is 11.1. The van der Waals surface area contributed by atoms with E-state index in [0.29, 0.717) is 13.2 Å². The standard InChI is InChI=1S/C13H18FN3O2/c1-13(5-3-7-19-8-13)17-12(18)9-4-6-16-11(15-2)10(9)14/h4,6H,3,5,7-8H2,1-2H3,(H,15,16)(H,17,18). The van der Waals surface area contributed by atoms with Crippen molar-refractivity contribution in [2.24, 2.45) is 0 Å². The van der Waals surface area contributed by atoms with Crippen LogP contribution in [0.15, 0.2) is 12.3 Å². The second-order valence-corrected chi connectivity index (χ2v) is 4.94. The lowest BCUT2D eigenvalue weighted by Gasteiger charge is -2.34. The van der Waals surface area contributed by atoms with Crippen LogP contribution in [0.3, 0.4) is 0 Å². The van der Waals surface area contributed by atoms with Crippen LogP contribution in [-0.4, -0.2) is 36.7 Å². The zero-order valence-electron chi connectivity index (χ0n) is 11.1. The fraction of sp³-hybridized carbons (Fsp3) is 0.538. The Morgan fingerprint density at radius 1 is 1.58 bits per heavy atom. The maximum Gasteiger partial charge on any atom is 0.254 e. The molecule has 1 amide bonds. The number of anilines is 1. The van der Waals surface area contributed by atoms with E-state index in [1.165, 1.54) is 12.3 Å². The van der Waals surface area contributed by atoms with Crippen molar-refractivity contribution in [1.29, 1.82) is 0 Å². The summed E-state index contributed by atoms with van der Waals surface area (Å²) in [4.78, 5) is 16.0. The Bertz CT molecular complexity index is 473. The van der Waals surface area contributed by atoms with E-state index in [9.17, 15) is 9.18 Å². The summed E-state index contributed by atoms with van der Waals surface area (Å²) in [5.74, 6) is -1.01. The molecule has 0 aromatic carbocycles. The number of carbonyl (C=O) groups excluding carboxylic acids is 1. The number of amides is 1. The molecule has 0 radical (unpaired) electrons. The first-order chi connectivity index (χ1) is 9.06. The van der Waals surface area contributed by atoms with Crippen LogP contribution >= 0.6 is 0 Å². The molecule has 1 saturated heterocycles. The number of pyridine rings is 1. The summed E-state index contributed by atoms with van der Waals surface area (Å²) in [6.07, 6.45) is 3.12. The highest BCUT2D eigenvalue weighted by Crippen LogP contribution is 2.20. The maximum atomic E-state index is 14.0. The summed E-state index contributed by atoms with van der Waals surface area (Å²) in [7, 11) is 1.56. The Hall–Kier alpha value is -1.69. The molecule has 1 aliphatic rings. The van der Waals surface area contributed by atoms with E-state index in [4.69, 9.17) is 4.74 Å². The van der Waals surface area contributed by atoms with Gasteiger partial charge in [0.15, 0.2) is 11.6 Å². The molecule has 0 saturated carbocycles. The monoisotopic (exact) mass is 267 g/mol. The number of rotatable bonds is 3. The van der Waals surface area contributed by atoms with Gasteiger partial charge in [0.25, 0.3) is 5.91 Å². The molecule has 1 unspecified atom stereocenters. The maximum absolute atomic E-state index is 14.0. The molecule has 1 atom stereocenters. The van der Waals surface area contributed by atoms with Crippen LogP contribution in [0.5, 0.6) is 0 Å². The minimum Gasteiger partial charge on any atom is -0.379 e. The smallest absolute Gasteiger partial charge is 0.254 e. The molecular formula is C13H18FN3O2. The van der Waals surface area contributed by atoms with Gasteiger partial charge in [0, 0.05) is 19.9 Å². The first kappa shape index (κ1) is 13.7. The second kappa shape index (κ2) is 5.52. The zero-order chi connectivity index (χ0) is 13.9. The number of aromatic nitrogens is 1. The molecule has 5 nitrogen and oxygen atoms in total. The van der Waals surface area contributed by atoms with Crippen molar-refractivity contribution in [1.82, 2.24) is 10.3 Å². The summed E-state index contributed by atoms with van der Waals surface area (Å²) in [5, 5.41) is 5.46. The topological polar surface area (TPSA) is 63.2 Å². The van der Waals surface area contributed by atoms with E-state index >= 15 is 0 Å². The summed E-state index contributed by atoms with van der Waals surface area (Å²) in [6, 6.07) is 1.37. The van der Waals surface area contributed by atoms with Crippen molar-refractivity contribution in [3.63, 3.8) is 0 Å². The van der Waals surface area contributed by atoms with Crippen LogP contribution in [0.1, 0.15) is 30.1 Å². The number of carbonyl (C=O) groups is 1. The van der Waals surface area contributed by atoms with Gasteiger partial charge < -0.3 is 15.4 Å². The Labute approximate surface area is 111 Å². The second-order valence-electron chi connectivity index (χ2n) is 4.94. The molecule has 19 heavy (non-hydrogen) atoms. The van der Waals surface area contributed by atoms with Gasteiger partial charge in [0.05, 0.1) is 17.7 Å². The van der Waals surface area contributed by atoms with Gasteiger partial charge >= 0.3 is 0 Å². The summed E-state index contributed by atoms with van der Waals surface area (Å²) >= 11 is 0. The van der Waals surface area contributed by atoms with Gasteiger partial charge in [-0.2, -0.15) is 0 Å². The molecule has 1 aromatic heterocycles. The van der Waals surface area contributed by atoms with Gasteiger partial charge in [-0.05, 0) is 25.8 Å². The Kier molecular flexibility index (Phi) is 3.99. The summed E-state index contributed by atoms with van der Waals surface area (Å²) < 4.78 is 19.3. The average molecular weight is 267 g/mol. The first-order valence-electron chi connectivity index (χ1n) is 6.28. The molecule has 2 N–H and O–H groups in total. The fourth-order valence-corrected chi connectivity index (χ4v) is 2.17. The molecule has 2 heterocycles. The lowest BCUT2D eigenvalue weighted by Crippen LogP contribution is -2.51. The van der Waals surface area contributed by atoms with Crippen molar-refractivity contribution >= 4 is 11.7 Å². The Morgan fingerprint density at radius 2 is 2.37 bits per heavy atom. The molecule has 1 aromatic rings.